The molecule has 0 aliphatic carbocycles. The maximum absolute atomic E-state index is 13.4. The summed E-state index contributed by atoms with van der Waals surface area (Å²) < 4.78 is 35.4. The molecular weight excluding hydrogens is 554 g/mol. The summed E-state index contributed by atoms with van der Waals surface area (Å²) in [5.74, 6) is -1.80. The van der Waals surface area contributed by atoms with Gasteiger partial charge in [-0.25, -0.2) is 19.4 Å². The summed E-state index contributed by atoms with van der Waals surface area (Å²) in [5.41, 5.74) is 0.755. The van der Waals surface area contributed by atoms with E-state index in [9.17, 15) is 14.4 Å². The monoisotopic (exact) mass is 583 g/mol. The van der Waals surface area contributed by atoms with E-state index in [-0.39, 0.29) is 22.6 Å². The zero-order valence-corrected chi connectivity index (χ0v) is 23.4. The summed E-state index contributed by atoms with van der Waals surface area (Å²) in [6.07, 6.45) is -4.68. The van der Waals surface area contributed by atoms with Crippen LogP contribution < -0.4 is 9.47 Å². The maximum atomic E-state index is 13.4. The van der Waals surface area contributed by atoms with Crippen molar-refractivity contribution in [2.45, 2.75) is 37.6 Å². The van der Waals surface area contributed by atoms with Gasteiger partial charge in [0.15, 0.2) is 18.0 Å². The first-order valence-electron chi connectivity index (χ1n) is 13.5. The summed E-state index contributed by atoms with van der Waals surface area (Å²) in [6, 6.07) is 28.2. The molecular formula is C33H29NO9. The third-order valence-electron chi connectivity index (χ3n) is 6.67. The molecule has 0 N–H and O–H groups in total. The number of benzene rings is 3. The summed E-state index contributed by atoms with van der Waals surface area (Å²) in [5, 5.41) is 0. The van der Waals surface area contributed by atoms with Crippen LogP contribution in [0.15, 0.2) is 109 Å². The predicted octanol–water partition coefficient (Wildman–Crippen LogP) is 4.89. The Balaban J connectivity index is 1.53. The van der Waals surface area contributed by atoms with Crippen LogP contribution in [0.5, 0.6) is 11.6 Å². The van der Waals surface area contributed by atoms with Gasteiger partial charge in [0.2, 0.25) is 12.4 Å². The van der Waals surface area contributed by atoms with E-state index in [2.05, 4.69) is 4.98 Å². The standard InChI is InChI=1S/C33H29NO9/c1-21-26(40-30(35)22-13-6-3-7-14-22)27(41-31(36)23-15-8-4-9-16-23)28(42-32(37)24-17-10-5-11-18-24)33(39-21)43-29-25(38-2)19-12-20-34-29/h3-21,26-28,33H,1-2H3/t21-,26+,27+,28-,33+/m0/s1. The van der Waals surface area contributed by atoms with Gasteiger partial charge in [-0.3, -0.25) is 0 Å². The molecule has 4 aromatic rings. The minimum absolute atomic E-state index is 0.0517. The molecule has 1 fully saturated rings. The average molecular weight is 584 g/mol. The fourth-order valence-electron chi connectivity index (χ4n) is 4.52. The first-order chi connectivity index (χ1) is 20.9. The number of hydrogen-bond donors (Lipinski definition) is 0. The summed E-state index contributed by atoms with van der Waals surface area (Å²) >= 11 is 0. The Labute approximate surface area is 248 Å². The number of ether oxygens (including phenoxy) is 6. The van der Waals surface area contributed by atoms with Crippen LogP contribution in [0.25, 0.3) is 0 Å². The minimum atomic E-state index is -1.41. The zero-order chi connectivity index (χ0) is 30.2. The third-order valence-corrected chi connectivity index (χ3v) is 6.67. The lowest BCUT2D eigenvalue weighted by Gasteiger charge is -2.43. The normalized spacial score (nSPS) is 21.2. The number of hydrogen-bond acceptors (Lipinski definition) is 10. The smallest absolute Gasteiger partial charge is 0.338 e. The van der Waals surface area contributed by atoms with Crippen LogP contribution in [-0.4, -0.2) is 60.7 Å². The van der Waals surface area contributed by atoms with Crippen molar-refractivity contribution in [3.63, 3.8) is 0 Å². The molecule has 10 nitrogen and oxygen atoms in total. The Morgan fingerprint density at radius 2 is 1.09 bits per heavy atom. The van der Waals surface area contributed by atoms with Gasteiger partial charge in [-0.15, -0.1) is 0 Å². The fourth-order valence-corrected chi connectivity index (χ4v) is 4.52. The number of esters is 3. The van der Waals surface area contributed by atoms with Crippen molar-refractivity contribution >= 4 is 17.9 Å². The van der Waals surface area contributed by atoms with Gasteiger partial charge in [-0.05, 0) is 55.5 Å². The van der Waals surface area contributed by atoms with Crippen molar-refractivity contribution in [1.29, 1.82) is 0 Å². The molecule has 43 heavy (non-hydrogen) atoms. The number of methoxy groups -OCH3 is 1. The van der Waals surface area contributed by atoms with E-state index in [1.165, 1.54) is 13.3 Å². The van der Waals surface area contributed by atoms with Gasteiger partial charge >= 0.3 is 17.9 Å². The molecule has 1 saturated heterocycles. The van der Waals surface area contributed by atoms with Crippen molar-refractivity contribution in [2.75, 3.05) is 7.11 Å². The Morgan fingerprint density at radius 3 is 1.58 bits per heavy atom. The molecule has 2 heterocycles. The summed E-state index contributed by atoms with van der Waals surface area (Å²) in [6.45, 7) is 1.63. The number of aromatic nitrogens is 1. The molecule has 5 rings (SSSR count). The Hall–Kier alpha value is -5.22. The van der Waals surface area contributed by atoms with E-state index in [4.69, 9.17) is 28.4 Å². The van der Waals surface area contributed by atoms with Gasteiger partial charge in [-0.1, -0.05) is 54.6 Å². The van der Waals surface area contributed by atoms with Crippen molar-refractivity contribution in [3.8, 4) is 11.6 Å². The number of carbonyl (C=O) groups excluding carboxylic acids is 3. The second kappa shape index (κ2) is 13.6. The van der Waals surface area contributed by atoms with E-state index < -0.39 is 48.6 Å². The maximum Gasteiger partial charge on any atom is 0.338 e. The first-order valence-corrected chi connectivity index (χ1v) is 13.5. The SMILES string of the molecule is COc1cccnc1O[C@H]1O[C@@H](C)[C@@H](OC(=O)c2ccccc2)[C@@H](OC(=O)c2ccccc2)[C@@H]1OC(=O)c1ccccc1. The fraction of sp³-hybridized carbons (Fsp3) is 0.212. The van der Waals surface area contributed by atoms with Crippen LogP contribution in [0.3, 0.4) is 0 Å². The number of carbonyl (C=O) groups is 3. The highest BCUT2D eigenvalue weighted by molar-refractivity contribution is 5.91. The lowest BCUT2D eigenvalue weighted by Crippen LogP contribution is -2.62. The first kappa shape index (κ1) is 29.3. The number of nitrogens with zero attached hydrogens (tertiary/aromatic N) is 1. The van der Waals surface area contributed by atoms with Gasteiger partial charge in [0, 0.05) is 6.20 Å². The molecule has 5 atom stereocenters. The molecule has 0 radical (unpaired) electrons. The second-order valence-electron chi connectivity index (χ2n) is 9.55. The quantitative estimate of drug-likeness (QED) is 0.199. The highest BCUT2D eigenvalue weighted by Gasteiger charge is 2.52. The molecule has 0 bridgehead atoms. The molecule has 1 aliphatic heterocycles. The van der Waals surface area contributed by atoms with Crippen molar-refractivity contribution in [3.05, 3.63) is 126 Å². The van der Waals surface area contributed by atoms with Gasteiger partial charge in [0.05, 0.1) is 29.9 Å². The van der Waals surface area contributed by atoms with Crippen LogP contribution in [-0.2, 0) is 18.9 Å². The van der Waals surface area contributed by atoms with Gasteiger partial charge in [0.1, 0.15) is 0 Å². The number of rotatable bonds is 9. The second-order valence-corrected chi connectivity index (χ2v) is 9.55. The van der Waals surface area contributed by atoms with E-state index in [1.807, 2.05) is 0 Å². The van der Waals surface area contributed by atoms with E-state index in [1.54, 1.807) is 110 Å². The van der Waals surface area contributed by atoms with E-state index in [0.717, 1.165) is 0 Å². The average Bonchev–Trinajstić information content (AvgIpc) is 3.05. The van der Waals surface area contributed by atoms with Crippen molar-refractivity contribution in [2.24, 2.45) is 0 Å². The van der Waals surface area contributed by atoms with Crippen molar-refractivity contribution < 1.29 is 42.8 Å². The molecule has 0 unspecified atom stereocenters. The topological polar surface area (TPSA) is 119 Å². The van der Waals surface area contributed by atoms with E-state index >= 15 is 0 Å². The molecule has 3 aromatic carbocycles. The summed E-state index contributed by atoms with van der Waals surface area (Å²) in [4.78, 5) is 44.1. The molecule has 0 spiro atoms. The van der Waals surface area contributed by atoms with Crippen LogP contribution in [0.2, 0.25) is 0 Å². The lowest BCUT2D eigenvalue weighted by atomic mass is 9.98. The number of pyridine rings is 1. The van der Waals surface area contributed by atoms with E-state index in [0.29, 0.717) is 5.75 Å². The van der Waals surface area contributed by atoms with Crippen molar-refractivity contribution in [1.82, 2.24) is 4.98 Å². The van der Waals surface area contributed by atoms with Crippen LogP contribution >= 0.6 is 0 Å². The molecule has 0 amide bonds. The molecule has 0 saturated carbocycles. The molecule has 1 aliphatic rings. The Bertz CT molecular complexity index is 1530. The minimum Gasteiger partial charge on any atom is -0.491 e. The van der Waals surface area contributed by atoms with Gasteiger partial charge in [-0.2, -0.15) is 0 Å². The van der Waals surface area contributed by atoms with Crippen LogP contribution in [0.4, 0.5) is 0 Å². The highest BCUT2D eigenvalue weighted by atomic mass is 16.7. The zero-order valence-electron chi connectivity index (χ0n) is 23.4. The molecule has 220 valence electrons. The van der Waals surface area contributed by atoms with Crippen LogP contribution in [0, 0.1) is 0 Å². The van der Waals surface area contributed by atoms with Gasteiger partial charge < -0.3 is 28.4 Å². The Morgan fingerprint density at radius 1 is 0.628 bits per heavy atom. The molecule has 10 heteroatoms. The summed E-state index contributed by atoms with van der Waals surface area (Å²) in [7, 11) is 1.45. The largest absolute Gasteiger partial charge is 0.491 e. The predicted molar refractivity (Wildman–Crippen MR) is 153 cm³/mol. The third kappa shape index (κ3) is 6.99. The highest BCUT2D eigenvalue weighted by Crippen LogP contribution is 2.33. The molecule has 1 aromatic heterocycles. The van der Waals surface area contributed by atoms with Gasteiger partial charge in [0.25, 0.3) is 5.88 Å². The van der Waals surface area contributed by atoms with Crippen LogP contribution in [0.1, 0.15) is 38.0 Å². The lowest BCUT2D eigenvalue weighted by molar-refractivity contribution is -0.267. The Kier molecular flexibility index (Phi) is 9.28.